The summed E-state index contributed by atoms with van der Waals surface area (Å²) in [5.41, 5.74) is 0.682. The number of anilines is 1. The lowest BCUT2D eigenvalue weighted by atomic mass is 10.2. The second kappa shape index (κ2) is 6.19. The van der Waals surface area contributed by atoms with Gasteiger partial charge in [-0.25, -0.2) is 4.68 Å². The Hall–Kier alpha value is -0.840. The predicted molar refractivity (Wildman–Crippen MR) is 74.6 cm³/mol. The molecule has 1 N–H and O–H groups in total. The molecule has 1 aromatic heterocycles. The van der Waals surface area contributed by atoms with E-state index < -0.39 is 0 Å². The van der Waals surface area contributed by atoms with Crippen LogP contribution < -0.4 is 10.9 Å². The summed E-state index contributed by atoms with van der Waals surface area (Å²) >= 11 is 3.34. The lowest BCUT2D eigenvalue weighted by molar-refractivity contribution is 0.500. The zero-order chi connectivity index (χ0) is 13.0. The molecule has 0 spiro atoms. The summed E-state index contributed by atoms with van der Waals surface area (Å²) < 4.78 is 2.03. The van der Waals surface area contributed by atoms with Crippen molar-refractivity contribution in [1.82, 2.24) is 9.78 Å². The Morgan fingerprint density at radius 2 is 2.12 bits per heavy atom. The Labute approximate surface area is 111 Å². The van der Waals surface area contributed by atoms with Gasteiger partial charge in [0, 0.05) is 6.04 Å². The Morgan fingerprint density at radius 3 is 2.65 bits per heavy atom. The van der Waals surface area contributed by atoms with Crippen molar-refractivity contribution in [1.29, 1.82) is 0 Å². The van der Waals surface area contributed by atoms with Crippen molar-refractivity contribution in [3.05, 3.63) is 21.0 Å². The molecule has 0 fully saturated rings. The summed E-state index contributed by atoms with van der Waals surface area (Å²) in [6, 6.07) is 0.410. The van der Waals surface area contributed by atoms with Crippen LogP contribution in [-0.2, 0) is 0 Å². The third-order valence-corrected chi connectivity index (χ3v) is 3.32. The first-order valence-electron chi connectivity index (χ1n) is 6.01. The van der Waals surface area contributed by atoms with Gasteiger partial charge in [0.25, 0.3) is 5.56 Å². The van der Waals surface area contributed by atoms with Crippen LogP contribution >= 0.6 is 15.9 Å². The number of hydrogen-bond donors (Lipinski definition) is 1. The molecule has 1 rings (SSSR count). The fourth-order valence-electron chi connectivity index (χ4n) is 1.68. The molecule has 1 atom stereocenters. The van der Waals surface area contributed by atoms with Crippen molar-refractivity contribution in [3.8, 4) is 0 Å². The molecule has 5 heteroatoms. The van der Waals surface area contributed by atoms with E-state index >= 15 is 0 Å². The molecule has 0 aliphatic rings. The first-order valence-corrected chi connectivity index (χ1v) is 6.80. The average Bonchev–Trinajstić information content (AvgIpc) is 2.25. The van der Waals surface area contributed by atoms with Crippen molar-refractivity contribution in [2.24, 2.45) is 0 Å². The molecular formula is C12H20BrN3O. The molecular weight excluding hydrogens is 282 g/mol. The first kappa shape index (κ1) is 14.2. The van der Waals surface area contributed by atoms with Gasteiger partial charge < -0.3 is 5.32 Å². The average molecular weight is 302 g/mol. The van der Waals surface area contributed by atoms with Crippen LogP contribution in [0.1, 0.15) is 46.6 Å². The molecule has 0 aliphatic carbocycles. The molecule has 1 aromatic rings. The standard InChI is InChI=1S/C12H20BrN3O/c1-5-6-9(4)15-10-7-14-16(8(2)3)12(17)11(10)13/h7-9,15H,5-6H2,1-4H3. The number of nitrogens with zero attached hydrogens (tertiary/aromatic N) is 2. The highest BCUT2D eigenvalue weighted by atomic mass is 79.9. The number of hydrogen-bond acceptors (Lipinski definition) is 3. The summed E-state index contributed by atoms with van der Waals surface area (Å²) in [6.45, 7) is 8.12. The fraction of sp³-hybridized carbons (Fsp3) is 0.667. The molecule has 1 unspecified atom stereocenters. The monoisotopic (exact) mass is 301 g/mol. The minimum absolute atomic E-state index is 0.0703. The number of rotatable bonds is 5. The Balaban J connectivity index is 2.97. The lowest BCUT2D eigenvalue weighted by Crippen LogP contribution is -2.27. The zero-order valence-corrected chi connectivity index (χ0v) is 12.4. The maximum Gasteiger partial charge on any atom is 0.283 e. The van der Waals surface area contributed by atoms with E-state index in [0.29, 0.717) is 10.5 Å². The quantitative estimate of drug-likeness (QED) is 0.908. The van der Waals surface area contributed by atoms with Gasteiger partial charge in [-0.3, -0.25) is 4.79 Å². The summed E-state index contributed by atoms with van der Waals surface area (Å²) in [5.74, 6) is 0. The summed E-state index contributed by atoms with van der Waals surface area (Å²) in [4.78, 5) is 12.0. The van der Waals surface area contributed by atoms with E-state index in [4.69, 9.17) is 0 Å². The van der Waals surface area contributed by atoms with Gasteiger partial charge >= 0.3 is 0 Å². The van der Waals surface area contributed by atoms with E-state index in [2.05, 4.69) is 40.2 Å². The molecule has 0 radical (unpaired) electrons. The molecule has 0 bridgehead atoms. The Morgan fingerprint density at radius 1 is 1.47 bits per heavy atom. The molecule has 0 aliphatic heterocycles. The Kier molecular flexibility index (Phi) is 5.18. The first-order chi connectivity index (χ1) is 7.97. The van der Waals surface area contributed by atoms with E-state index in [0.717, 1.165) is 18.5 Å². The maximum atomic E-state index is 12.0. The summed E-state index contributed by atoms with van der Waals surface area (Å²) in [6.07, 6.45) is 3.89. The highest BCUT2D eigenvalue weighted by Gasteiger charge is 2.12. The van der Waals surface area contributed by atoms with Crippen molar-refractivity contribution in [2.45, 2.75) is 52.6 Å². The predicted octanol–water partition coefficient (Wildman–Crippen LogP) is 3.19. The molecule has 0 aromatic carbocycles. The molecule has 0 saturated heterocycles. The van der Waals surface area contributed by atoms with Gasteiger partial charge in [-0.1, -0.05) is 13.3 Å². The maximum absolute atomic E-state index is 12.0. The third-order valence-electron chi connectivity index (χ3n) is 2.56. The van der Waals surface area contributed by atoms with Crippen molar-refractivity contribution in [2.75, 3.05) is 5.32 Å². The second-order valence-electron chi connectivity index (χ2n) is 4.55. The number of halogens is 1. The summed E-state index contributed by atoms with van der Waals surface area (Å²) in [5, 5.41) is 7.46. The van der Waals surface area contributed by atoms with Crippen molar-refractivity contribution in [3.63, 3.8) is 0 Å². The van der Waals surface area contributed by atoms with E-state index in [1.165, 1.54) is 4.68 Å². The largest absolute Gasteiger partial charge is 0.380 e. The molecule has 17 heavy (non-hydrogen) atoms. The van der Waals surface area contributed by atoms with E-state index in [1.54, 1.807) is 6.20 Å². The number of nitrogens with one attached hydrogen (secondary N) is 1. The van der Waals surface area contributed by atoms with Crippen LogP contribution in [0.5, 0.6) is 0 Å². The SMILES string of the molecule is CCCC(C)Nc1cnn(C(C)C)c(=O)c1Br. The van der Waals surface area contributed by atoms with Crippen LogP contribution in [0.4, 0.5) is 5.69 Å². The van der Waals surface area contributed by atoms with Gasteiger partial charge in [-0.05, 0) is 43.1 Å². The molecule has 96 valence electrons. The summed E-state index contributed by atoms with van der Waals surface area (Å²) in [7, 11) is 0. The van der Waals surface area contributed by atoms with Crippen molar-refractivity contribution >= 4 is 21.6 Å². The van der Waals surface area contributed by atoms with Gasteiger partial charge in [0.15, 0.2) is 0 Å². The normalized spacial score (nSPS) is 12.8. The highest BCUT2D eigenvalue weighted by molar-refractivity contribution is 9.10. The van der Waals surface area contributed by atoms with Crippen LogP contribution in [0, 0.1) is 0 Å². The number of aromatic nitrogens is 2. The minimum Gasteiger partial charge on any atom is -0.380 e. The molecule has 1 heterocycles. The second-order valence-corrected chi connectivity index (χ2v) is 5.34. The van der Waals surface area contributed by atoms with Crippen molar-refractivity contribution < 1.29 is 0 Å². The molecule has 0 amide bonds. The van der Waals surface area contributed by atoms with Crippen LogP contribution in [0.2, 0.25) is 0 Å². The van der Waals surface area contributed by atoms with Crippen LogP contribution in [-0.4, -0.2) is 15.8 Å². The minimum atomic E-state index is -0.0892. The van der Waals surface area contributed by atoms with Gasteiger partial charge in [0.2, 0.25) is 0 Å². The zero-order valence-electron chi connectivity index (χ0n) is 10.8. The topological polar surface area (TPSA) is 46.9 Å². The van der Waals surface area contributed by atoms with Gasteiger partial charge in [0.1, 0.15) is 4.47 Å². The molecule has 0 saturated carbocycles. The van der Waals surface area contributed by atoms with Gasteiger partial charge in [-0.15, -0.1) is 0 Å². The van der Waals surface area contributed by atoms with E-state index in [9.17, 15) is 4.79 Å². The third kappa shape index (κ3) is 3.56. The molecule has 4 nitrogen and oxygen atoms in total. The smallest absolute Gasteiger partial charge is 0.283 e. The lowest BCUT2D eigenvalue weighted by Gasteiger charge is -2.16. The van der Waals surface area contributed by atoms with Crippen LogP contribution in [0.25, 0.3) is 0 Å². The highest BCUT2D eigenvalue weighted by Crippen LogP contribution is 2.18. The fourth-order valence-corrected chi connectivity index (χ4v) is 2.08. The van der Waals surface area contributed by atoms with Crippen LogP contribution in [0.3, 0.4) is 0 Å². The van der Waals surface area contributed by atoms with Gasteiger partial charge in [-0.2, -0.15) is 5.10 Å². The van der Waals surface area contributed by atoms with Crippen LogP contribution in [0.15, 0.2) is 15.5 Å². The van der Waals surface area contributed by atoms with E-state index in [-0.39, 0.29) is 11.6 Å². The van der Waals surface area contributed by atoms with E-state index in [1.807, 2.05) is 13.8 Å². The van der Waals surface area contributed by atoms with Gasteiger partial charge in [0.05, 0.1) is 17.9 Å². The Bertz CT molecular complexity index is 428.